The molecule has 0 spiro atoms. The Labute approximate surface area is 110 Å². The first-order chi connectivity index (χ1) is 8.88. The van der Waals surface area contributed by atoms with Crippen molar-refractivity contribution in [3.05, 3.63) is 29.3 Å². The second-order valence-corrected chi connectivity index (χ2v) is 4.43. The SMILES string of the molecule is CC(C)(Oc1ccc(C#N)cc1C(F)(F)F)C(F)(F)F. The van der Waals surface area contributed by atoms with Gasteiger partial charge in [0, 0.05) is 0 Å². The van der Waals surface area contributed by atoms with Gasteiger partial charge in [-0.3, -0.25) is 0 Å². The maximum atomic E-state index is 12.8. The third-order valence-electron chi connectivity index (χ3n) is 2.46. The third-order valence-corrected chi connectivity index (χ3v) is 2.46. The number of nitriles is 1. The van der Waals surface area contributed by atoms with Gasteiger partial charge in [0.15, 0.2) is 5.60 Å². The molecule has 0 aliphatic heterocycles. The molecule has 2 nitrogen and oxygen atoms in total. The molecule has 0 amide bonds. The van der Waals surface area contributed by atoms with Crippen molar-refractivity contribution in [2.75, 3.05) is 0 Å². The number of halogens is 6. The normalized spacial score (nSPS) is 12.9. The minimum atomic E-state index is -4.93. The summed E-state index contributed by atoms with van der Waals surface area (Å²) in [5.41, 5.74) is -4.54. The fourth-order valence-corrected chi connectivity index (χ4v) is 1.24. The second kappa shape index (κ2) is 4.89. The van der Waals surface area contributed by atoms with Crippen LogP contribution in [-0.4, -0.2) is 11.8 Å². The molecule has 0 aromatic heterocycles. The van der Waals surface area contributed by atoms with Crippen LogP contribution in [0.2, 0.25) is 0 Å². The molecule has 0 radical (unpaired) electrons. The second-order valence-electron chi connectivity index (χ2n) is 4.43. The molecule has 20 heavy (non-hydrogen) atoms. The van der Waals surface area contributed by atoms with E-state index in [1.54, 1.807) is 0 Å². The summed E-state index contributed by atoms with van der Waals surface area (Å²) < 4.78 is 80.7. The summed E-state index contributed by atoms with van der Waals surface area (Å²) in [6.07, 6.45) is -9.77. The maximum Gasteiger partial charge on any atom is 0.427 e. The smallest absolute Gasteiger partial charge is 0.427 e. The number of rotatable bonds is 2. The van der Waals surface area contributed by atoms with Gasteiger partial charge in [0.1, 0.15) is 5.75 Å². The molecule has 0 unspecified atom stereocenters. The molecule has 0 aliphatic carbocycles. The fourth-order valence-electron chi connectivity index (χ4n) is 1.24. The highest BCUT2D eigenvalue weighted by Crippen LogP contribution is 2.41. The van der Waals surface area contributed by atoms with E-state index in [2.05, 4.69) is 4.74 Å². The van der Waals surface area contributed by atoms with Gasteiger partial charge in [0.05, 0.1) is 17.2 Å². The Morgan fingerprint density at radius 2 is 1.60 bits per heavy atom. The van der Waals surface area contributed by atoms with Crippen LogP contribution in [0.15, 0.2) is 18.2 Å². The van der Waals surface area contributed by atoms with Gasteiger partial charge < -0.3 is 4.74 Å². The van der Waals surface area contributed by atoms with E-state index >= 15 is 0 Å². The Hall–Kier alpha value is -1.91. The van der Waals surface area contributed by atoms with Gasteiger partial charge in [-0.15, -0.1) is 0 Å². The zero-order chi connectivity index (χ0) is 15.8. The molecule has 0 fully saturated rings. The van der Waals surface area contributed by atoms with Crippen molar-refractivity contribution in [3.8, 4) is 11.8 Å². The Morgan fingerprint density at radius 3 is 2.00 bits per heavy atom. The number of alkyl halides is 6. The van der Waals surface area contributed by atoms with Crippen LogP contribution < -0.4 is 4.74 Å². The molecular weight excluding hydrogens is 288 g/mol. The topological polar surface area (TPSA) is 33.0 Å². The van der Waals surface area contributed by atoms with Gasteiger partial charge in [-0.1, -0.05) is 0 Å². The standard InChI is InChI=1S/C12H9F6NO/c1-10(2,12(16,17)18)20-9-4-3-7(6-19)5-8(9)11(13,14)15/h3-5H,1-2H3. The third kappa shape index (κ3) is 3.35. The number of hydrogen-bond acceptors (Lipinski definition) is 2. The van der Waals surface area contributed by atoms with E-state index in [9.17, 15) is 26.3 Å². The monoisotopic (exact) mass is 297 g/mol. The molecule has 0 saturated heterocycles. The minimum Gasteiger partial charge on any atom is -0.478 e. The largest absolute Gasteiger partial charge is 0.478 e. The lowest BCUT2D eigenvalue weighted by Crippen LogP contribution is -2.44. The zero-order valence-electron chi connectivity index (χ0n) is 10.4. The number of hydrogen-bond donors (Lipinski definition) is 0. The minimum absolute atomic E-state index is 0.325. The van der Waals surface area contributed by atoms with E-state index in [0.717, 1.165) is 6.07 Å². The van der Waals surface area contributed by atoms with E-state index in [-0.39, 0.29) is 5.56 Å². The average Bonchev–Trinajstić information content (AvgIpc) is 2.26. The number of benzene rings is 1. The van der Waals surface area contributed by atoms with Crippen LogP contribution in [0.25, 0.3) is 0 Å². The maximum absolute atomic E-state index is 12.8. The van der Waals surface area contributed by atoms with Gasteiger partial charge in [-0.05, 0) is 32.0 Å². The van der Waals surface area contributed by atoms with E-state index in [0.29, 0.717) is 26.0 Å². The van der Waals surface area contributed by atoms with Crippen molar-refractivity contribution >= 4 is 0 Å². The fraction of sp³-hybridized carbons (Fsp3) is 0.417. The summed E-state index contributed by atoms with van der Waals surface area (Å²) in [4.78, 5) is 0. The van der Waals surface area contributed by atoms with Crippen LogP contribution >= 0.6 is 0 Å². The van der Waals surface area contributed by atoms with Crippen LogP contribution in [0.1, 0.15) is 25.0 Å². The first-order valence-corrected chi connectivity index (χ1v) is 5.25. The Balaban J connectivity index is 3.30. The molecule has 0 N–H and O–H groups in total. The van der Waals surface area contributed by atoms with Gasteiger partial charge in [0.25, 0.3) is 0 Å². The molecule has 0 atom stereocenters. The van der Waals surface area contributed by atoms with Crippen molar-refractivity contribution in [3.63, 3.8) is 0 Å². The van der Waals surface area contributed by atoms with Crippen LogP contribution in [0, 0.1) is 11.3 Å². The van der Waals surface area contributed by atoms with Crippen LogP contribution in [0.4, 0.5) is 26.3 Å². The van der Waals surface area contributed by atoms with Gasteiger partial charge in [-0.25, -0.2) is 0 Å². The summed E-state index contributed by atoms with van der Waals surface area (Å²) in [6, 6.07) is 3.59. The van der Waals surface area contributed by atoms with E-state index in [1.807, 2.05) is 0 Å². The molecule has 1 rings (SSSR count). The molecular formula is C12H9F6NO. The molecule has 1 aromatic rings. The summed E-state index contributed by atoms with van der Waals surface area (Å²) in [7, 11) is 0. The first kappa shape index (κ1) is 16.1. The van der Waals surface area contributed by atoms with Crippen molar-refractivity contribution in [1.82, 2.24) is 0 Å². The van der Waals surface area contributed by atoms with E-state index < -0.39 is 29.3 Å². The zero-order valence-corrected chi connectivity index (χ0v) is 10.4. The van der Waals surface area contributed by atoms with E-state index in [4.69, 9.17) is 5.26 Å². The summed E-state index contributed by atoms with van der Waals surface area (Å²) in [6.45, 7) is 1.23. The first-order valence-electron chi connectivity index (χ1n) is 5.25. The molecule has 110 valence electrons. The predicted molar refractivity (Wildman–Crippen MR) is 56.9 cm³/mol. The summed E-state index contributed by atoms with van der Waals surface area (Å²) >= 11 is 0. The lowest BCUT2D eigenvalue weighted by Gasteiger charge is -2.30. The molecule has 8 heteroatoms. The highest BCUT2D eigenvalue weighted by molar-refractivity contribution is 5.44. The predicted octanol–water partition coefficient (Wildman–Crippen LogP) is 4.30. The molecule has 0 bridgehead atoms. The molecule has 1 aromatic carbocycles. The highest BCUT2D eigenvalue weighted by atomic mass is 19.4. The lowest BCUT2D eigenvalue weighted by molar-refractivity contribution is -0.236. The molecule has 0 aliphatic rings. The Kier molecular flexibility index (Phi) is 3.94. The summed E-state index contributed by atoms with van der Waals surface area (Å²) in [5.74, 6) is -0.973. The number of nitrogens with zero attached hydrogens (tertiary/aromatic N) is 1. The lowest BCUT2D eigenvalue weighted by atomic mass is 10.1. The van der Waals surface area contributed by atoms with Crippen molar-refractivity contribution in [1.29, 1.82) is 5.26 Å². The highest BCUT2D eigenvalue weighted by Gasteiger charge is 2.50. The Morgan fingerprint density at radius 1 is 1.05 bits per heavy atom. The van der Waals surface area contributed by atoms with Gasteiger partial charge >= 0.3 is 12.4 Å². The average molecular weight is 297 g/mol. The van der Waals surface area contributed by atoms with Crippen molar-refractivity contribution < 1.29 is 31.1 Å². The van der Waals surface area contributed by atoms with Crippen LogP contribution in [0.3, 0.4) is 0 Å². The molecule has 0 heterocycles. The van der Waals surface area contributed by atoms with E-state index in [1.165, 1.54) is 6.07 Å². The van der Waals surface area contributed by atoms with Crippen molar-refractivity contribution in [2.24, 2.45) is 0 Å². The van der Waals surface area contributed by atoms with Crippen LogP contribution in [-0.2, 0) is 6.18 Å². The molecule has 0 saturated carbocycles. The van der Waals surface area contributed by atoms with Crippen LogP contribution in [0.5, 0.6) is 5.75 Å². The van der Waals surface area contributed by atoms with Gasteiger partial charge in [-0.2, -0.15) is 31.6 Å². The number of ether oxygens (including phenoxy) is 1. The quantitative estimate of drug-likeness (QED) is 0.763. The van der Waals surface area contributed by atoms with Gasteiger partial charge in [0.2, 0.25) is 0 Å². The summed E-state index contributed by atoms with van der Waals surface area (Å²) in [5, 5.41) is 8.54. The Bertz CT molecular complexity index is 538. The van der Waals surface area contributed by atoms with Crippen molar-refractivity contribution in [2.45, 2.75) is 31.8 Å².